The van der Waals surface area contributed by atoms with E-state index in [0.717, 1.165) is 44.2 Å². The Morgan fingerprint density at radius 1 is 0.460 bits per heavy atom. The Labute approximate surface area is 294 Å². The second-order valence-electron chi connectivity index (χ2n) is 12.1. The fraction of sp³-hybridized carbons (Fsp3) is 0. The van der Waals surface area contributed by atoms with Crippen molar-refractivity contribution in [3.05, 3.63) is 170 Å². The highest BCUT2D eigenvalue weighted by Gasteiger charge is 2.19. The molecular formula is C45H28N4O. The van der Waals surface area contributed by atoms with Crippen LogP contribution in [0.3, 0.4) is 0 Å². The van der Waals surface area contributed by atoms with E-state index < -0.39 is 6.04 Å². The zero-order chi connectivity index (χ0) is 37.4. The Morgan fingerprint density at radius 3 is 1.80 bits per heavy atom. The molecule has 234 valence electrons. The number of furan rings is 1. The van der Waals surface area contributed by atoms with E-state index in [-0.39, 0.29) is 29.7 Å². The van der Waals surface area contributed by atoms with Crippen LogP contribution >= 0.6 is 0 Å². The second-order valence-corrected chi connectivity index (χ2v) is 12.1. The zero-order valence-corrected chi connectivity index (χ0v) is 26.5. The predicted octanol–water partition coefficient (Wildman–Crippen LogP) is 11.5. The molecule has 0 spiro atoms. The Balaban J connectivity index is 1.12. The molecule has 50 heavy (non-hydrogen) atoms. The number of benzene rings is 7. The van der Waals surface area contributed by atoms with Gasteiger partial charge in [-0.3, -0.25) is 0 Å². The summed E-state index contributed by atoms with van der Waals surface area (Å²) < 4.78 is 49.9. The maximum Gasteiger partial charge on any atom is 0.164 e. The Hall–Kier alpha value is -6.85. The monoisotopic (exact) mass is 645 g/mol. The van der Waals surface area contributed by atoms with Gasteiger partial charge in [0.1, 0.15) is 11.2 Å². The average Bonchev–Trinajstić information content (AvgIpc) is 3.78. The zero-order valence-electron chi connectivity index (χ0n) is 31.5. The molecule has 0 unspecified atom stereocenters. The fourth-order valence-corrected chi connectivity index (χ4v) is 6.86. The highest BCUT2D eigenvalue weighted by molar-refractivity contribution is 6.13. The van der Waals surface area contributed by atoms with Crippen molar-refractivity contribution in [2.45, 2.75) is 0 Å². The third-order valence-electron chi connectivity index (χ3n) is 9.16. The van der Waals surface area contributed by atoms with Gasteiger partial charge < -0.3 is 8.98 Å². The molecule has 3 heterocycles. The van der Waals surface area contributed by atoms with E-state index in [0.29, 0.717) is 34.2 Å². The van der Waals surface area contributed by atoms with Gasteiger partial charge in [0.15, 0.2) is 17.5 Å². The minimum Gasteiger partial charge on any atom is -0.456 e. The van der Waals surface area contributed by atoms with E-state index in [2.05, 4.69) is 71.3 Å². The quantitative estimate of drug-likeness (QED) is 0.187. The topological polar surface area (TPSA) is 56.7 Å². The van der Waals surface area contributed by atoms with E-state index in [1.807, 2.05) is 48.5 Å². The van der Waals surface area contributed by atoms with Crippen molar-refractivity contribution in [1.82, 2.24) is 19.5 Å². The van der Waals surface area contributed by atoms with Crippen LogP contribution in [0, 0.1) is 0 Å². The first-order valence-electron chi connectivity index (χ1n) is 18.8. The standard InChI is InChI=1S/C45H28N4O/c1-3-12-29(13-4-1)30-22-24-32(25-23-30)44-46-43(31-14-5-2-6-15-31)47-45(48-44)37-18-11-21-40-42(37)36-27-26-33(28-41(36)50-40)49-38-19-9-7-16-34(38)35-17-8-10-20-39(35)49/h1-28H/i1D,3D,4D,12D,13D. The fourth-order valence-electron chi connectivity index (χ4n) is 6.86. The Bertz CT molecular complexity index is 3070. The SMILES string of the molecule is [2H]c1c([2H])c([2H])c(-c2ccc(-c3nc(-c4ccccc4)nc(-c4cccc5oc6cc(-n7c8ccccc8c8ccccc87)ccc6c45)n3)cc2)c([2H])c1[2H]. The first-order valence-corrected chi connectivity index (χ1v) is 16.3. The minimum absolute atomic E-state index is 0.138. The predicted molar refractivity (Wildman–Crippen MR) is 203 cm³/mol. The highest BCUT2D eigenvalue weighted by Crippen LogP contribution is 2.39. The van der Waals surface area contributed by atoms with E-state index in [4.69, 9.17) is 26.2 Å². The summed E-state index contributed by atoms with van der Waals surface area (Å²) in [6.45, 7) is 0. The Morgan fingerprint density at radius 2 is 1.08 bits per heavy atom. The van der Waals surface area contributed by atoms with Crippen LogP contribution in [0.2, 0.25) is 0 Å². The summed E-state index contributed by atoms with van der Waals surface area (Å²) in [5, 5.41) is 4.20. The van der Waals surface area contributed by atoms with Gasteiger partial charge in [-0.1, -0.05) is 133 Å². The van der Waals surface area contributed by atoms with Crippen molar-refractivity contribution in [3.63, 3.8) is 0 Å². The van der Waals surface area contributed by atoms with Crippen molar-refractivity contribution in [1.29, 1.82) is 0 Å². The van der Waals surface area contributed by atoms with Crippen LogP contribution in [0.15, 0.2) is 174 Å². The molecule has 0 saturated carbocycles. The van der Waals surface area contributed by atoms with Gasteiger partial charge in [-0.15, -0.1) is 0 Å². The van der Waals surface area contributed by atoms with Crippen LogP contribution in [-0.4, -0.2) is 19.5 Å². The van der Waals surface area contributed by atoms with Gasteiger partial charge in [-0.25, -0.2) is 15.0 Å². The summed E-state index contributed by atoms with van der Waals surface area (Å²) in [4.78, 5) is 14.9. The van der Waals surface area contributed by atoms with Crippen LogP contribution in [0.4, 0.5) is 0 Å². The molecule has 10 aromatic rings. The van der Waals surface area contributed by atoms with Gasteiger partial charge in [-0.05, 0) is 41.5 Å². The summed E-state index contributed by atoms with van der Waals surface area (Å²) in [6, 6.07) is 44.1. The second kappa shape index (κ2) is 11.4. The molecular weight excluding hydrogens is 613 g/mol. The molecule has 0 fully saturated rings. The van der Waals surface area contributed by atoms with Crippen LogP contribution in [0.25, 0.3) is 94.7 Å². The van der Waals surface area contributed by atoms with Gasteiger partial charge >= 0.3 is 0 Å². The molecule has 5 nitrogen and oxygen atoms in total. The molecule has 7 aromatic carbocycles. The summed E-state index contributed by atoms with van der Waals surface area (Å²) in [7, 11) is 0. The van der Waals surface area contributed by atoms with Gasteiger partial charge in [0, 0.05) is 50.0 Å². The number of fused-ring (bicyclic) bond motifs is 6. The van der Waals surface area contributed by atoms with E-state index in [1.165, 1.54) is 10.8 Å². The first-order chi connectivity index (χ1) is 26.9. The van der Waals surface area contributed by atoms with Crippen molar-refractivity contribution in [3.8, 4) is 51.0 Å². The first kappa shape index (κ1) is 23.5. The lowest BCUT2D eigenvalue weighted by molar-refractivity contribution is 0.668. The van der Waals surface area contributed by atoms with Crippen molar-refractivity contribution in [2.24, 2.45) is 0 Å². The summed E-state index contributed by atoms with van der Waals surface area (Å²) in [5.41, 5.74) is 7.59. The number of aromatic nitrogens is 4. The van der Waals surface area contributed by atoms with Crippen LogP contribution in [-0.2, 0) is 0 Å². The molecule has 10 rings (SSSR count). The van der Waals surface area contributed by atoms with E-state index in [9.17, 15) is 0 Å². The molecule has 0 amide bonds. The molecule has 0 aliphatic rings. The lowest BCUT2D eigenvalue weighted by atomic mass is 10.0. The summed E-state index contributed by atoms with van der Waals surface area (Å²) in [5.74, 6) is 1.39. The maximum atomic E-state index is 8.45. The smallest absolute Gasteiger partial charge is 0.164 e. The Kier molecular flexibility index (Phi) is 5.35. The molecule has 0 bridgehead atoms. The summed E-state index contributed by atoms with van der Waals surface area (Å²) >= 11 is 0. The van der Waals surface area contributed by atoms with Crippen molar-refractivity contribution >= 4 is 43.7 Å². The lowest BCUT2D eigenvalue weighted by Gasteiger charge is -2.10. The summed E-state index contributed by atoms with van der Waals surface area (Å²) in [6.07, 6.45) is 0. The number of hydrogen-bond donors (Lipinski definition) is 0. The third kappa shape index (κ3) is 4.60. The van der Waals surface area contributed by atoms with Gasteiger partial charge in [0.2, 0.25) is 0 Å². The minimum atomic E-state index is -0.425. The third-order valence-corrected chi connectivity index (χ3v) is 9.16. The normalized spacial score (nSPS) is 13.0. The molecule has 0 atom stereocenters. The van der Waals surface area contributed by atoms with Crippen LogP contribution in [0.1, 0.15) is 6.85 Å². The van der Waals surface area contributed by atoms with Crippen molar-refractivity contribution in [2.75, 3.05) is 0 Å². The molecule has 5 heteroatoms. The highest BCUT2D eigenvalue weighted by atomic mass is 16.3. The van der Waals surface area contributed by atoms with Gasteiger partial charge in [-0.2, -0.15) is 0 Å². The molecule has 3 aromatic heterocycles. The molecule has 0 radical (unpaired) electrons. The lowest BCUT2D eigenvalue weighted by Crippen LogP contribution is -2.00. The number of rotatable bonds is 5. The number of para-hydroxylation sites is 2. The van der Waals surface area contributed by atoms with Gasteiger partial charge in [0.05, 0.1) is 17.9 Å². The molecule has 0 aliphatic carbocycles. The van der Waals surface area contributed by atoms with E-state index >= 15 is 0 Å². The number of nitrogens with zero attached hydrogens (tertiary/aromatic N) is 4. The average molecular weight is 646 g/mol. The van der Waals surface area contributed by atoms with Crippen molar-refractivity contribution < 1.29 is 11.3 Å². The van der Waals surface area contributed by atoms with Crippen LogP contribution < -0.4 is 0 Å². The largest absolute Gasteiger partial charge is 0.456 e. The molecule has 0 aliphatic heterocycles. The van der Waals surface area contributed by atoms with E-state index in [1.54, 1.807) is 24.3 Å². The van der Waals surface area contributed by atoms with Crippen LogP contribution in [0.5, 0.6) is 0 Å². The number of hydrogen-bond acceptors (Lipinski definition) is 4. The van der Waals surface area contributed by atoms with Gasteiger partial charge in [0.25, 0.3) is 0 Å². The maximum absolute atomic E-state index is 8.45. The molecule has 0 saturated heterocycles. The molecule has 0 N–H and O–H groups in total.